The number of hydrogen-bond donors (Lipinski definition) is 2. The van der Waals surface area contributed by atoms with Crippen molar-refractivity contribution in [3.8, 4) is 0 Å². The number of H-pyrrole nitrogens is 1. The van der Waals surface area contributed by atoms with E-state index in [9.17, 15) is 9.90 Å². The van der Waals surface area contributed by atoms with Gasteiger partial charge in [-0.05, 0) is 19.4 Å². The van der Waals surface area contributed by atoms with Gasteiger partial charge in [0, 0.05) is 42.3 Å². The van der Waals surface area contributed by atoms with Crippen LogP contribution in [-0.2, 0) is 13.1 Å². The van der Waals surface area contributed by atoms with Crippen LogP contribution in [0, 0.1) is 0 Å². The van der Waals surface area contributed by atoms with Crippen LogP contribution >= 0.6 is 0 Å². The number of aromatic nitrogens is 3. The zero-order valence-electron chi connectivity index (χ0n) is 13.1. The lowest BCUT2D eigenvalue weighted by molar-refractivity contribution is 0.174. The molecule has 1 saturated heterocycles. The van der Waals surface area contributed by atoms with Gasteiger partial charge in [0.25, 0.3) is 5.56 Å². The highest BCUT2D eigenvalue weighted by atomic mass is 16.3. The van der Waals surface area contributed by atoms with Gasteiger partial charge in [-0.15, -0.1) is 0 Å². The minimum atomic E-state index is -0.244. The minimum Gasteiger partial charge on any atom is -0.392 e. The van der Waals surface area contributed by atoms with E-state index in [4.69, 9.17) is 5.10 Å². The number of nitrogens with one attached hydrogen (secondary N) is 1. The van der Waals surface area contributed by atoms with Crippen molar-refractivity contribution in [2.45, 2.75) is 32.5 Å². The monoisotopic (exact) mass is 312 g/mol. The summed E-state index contributed by atoms with van der Waals surface area (Å²) in [5.74, 6) is 0. The number of β-amino-alcohol motifs (C(OH)–C–C–N with tert-alkyl or cyclic N) is 1. The first-order chi connectivity index (χ1) is 11.2. The van der Waals surface area contributed by atoms with Gasteiger partial charge in [0.2, 0.25) is 0 Å². The van der Waals surface area contributed by atoms with Gasteiger partial charge in [-0.25, -0.2) is 4.68 Å². The Balaban J connectivity index is 1.93. The standard InChI is InChI=1S/C17H20N4O2/c1-2-21-16-15(12-5-3-4-6-13(12)17(23)18-16)14(19-21)10-20-8-7-11(22)9-20/h3-6,11,22H,2,7-10H2,1H3,(H,18,23)/t11-/m0/s1. The molecule has 1 aliphatic rings. The average molecular weight is 312 g/mol. The fraction of sp³-hybridized carbons (Fsp3) is 0.412. The predicted octanol–water partition coefficient (Wildman–Crippen LogP) is 1.46. The van der Waals surface area contributed by atoms with Gasteiger partial charge >= 0.3 is 0 Å². The van der Waals surface area contributed by atoms with E-state index >= 15 is 0 Å². The highest BCUT2D eigenvalue weighted by Crippen LogP contribution is 2.26. The van der Waals surface area contributed by atoms with Crippen molar-refractivity contribution in [2.24, 2.45) is 0 Å². The highest BCUT2D eigenvalue weighted by molar-refractivity contribution is 6.05. The first-order valence-electron chi connectivity index (χ1n) is 8.08. The molecule has 1 aliphatic heterocycles. The molecule has 1 aromatic carbocycles. The van der Waals surface area contributed by atoms with Crippen molar-refractivity contribution in [1.82, 2.24) is 19.7 Å². The molecule has 0 amide bonds. The number of nitrogens with zero attached hydrogens (tertiary/aromatic N) is 3. The number of pyridine rings is 1. The van der Waals surface area contributed by atoms with E-state index in [2.05, 4.69) is 9.88 Å². The summed E-state index contributed by atoms with van der Waals surface area (Å²) in [5.41, 5.74) is 1.67. The molecule has 0 saturated carbocycles. The molecule has 0 radical (unpaired) electrons. The summed E-state index contributed by atoms with van der Waals surface area (Å²) in [5, 5.41) is 17.1. The van der Waals surface area contributed by atoms with E-state index in [-0.39, 0.29) is 11.7 Å². The van der Waals surface area contributed by atoms with Crippen LogP contribution < -0.4 is 5.56 Å². The molecule has 120 valence electrons. The van der Waals surface area contributed by atoms with E-state index < -0.39 is 0 Å². The summed E-state index contributed by atoms with van der Waals surface area (Å²) in [6.45, 7) is 4.97. The molecule has 0 unspecified atom stereocenters. The SMILES string of the molecule is CCn1nc(CN2CC[C@H](O)C2)c2c3ccccc3c(=O)[nH]c21. The van der Waals surface area contributed by atoms with Gasteiger partial charge in [-0.1, -0.05) is 18.2 Å². The molecule has 1 atom stereocenters. The smallest absolute Gasteiger partial charge is 0.257 e. The number of likely N-dealkylation sites (tertiary alicyclic amines) is 1. The molecule has 2 aromatic heterocycles. The minimum absolute atomic E-state index is 0.0779. The van der Waals surface area contributed by atoms with Crippen LogP contribution in [-0.4, -0.2) is 44.0 Å². The summed E-state index contributed by atoms with van der Waals surface area (Å²) in [6, 6.07) is 7.66. The third-order valence-corrected chi connectivity index (χ3v) is 4.62. The summed E-state index contributed by atoms with van der Waals surface area (Å²) >= 11 is 0. The largest absolute Gasteiger partial charge is 0.392 e. The van der Waals surface area contributed by atoms with E-state index in [1.165, 1.54) is 0 Å². The van der Waals surface area contributed by atoms with Crippen LogP contribution in [0.1, 0.15) is 19.0 Å². The number of benzene rings is 1. The Morgan fingerprint density at radius 3 is 2.83 bits per heavy atom. The van der Waals surface area contributed by atoms with Crippen LogP contribution in [0.4, 0.5) is 0 Å². The van der Waals surface area contributed by atoms with Gasteiger partial charge in [0.05, 0.1) is 11.8 Å². The topological polar surface area (TPSA) is 74.2 Å². The highest BCUT2D eigenvalue weighted by Gasteiger charge is 2.23. The van der Waals surface area contributed by atoms with Crippen molar-refractivity contribution in [3.63, 3.8) is 0 Å². The maximum atomic E-state index is 12.3. The summed E-state index contributed by atoms with van der Waals surface area (Å²) in [6.07, 6.45) is 0.565. The molecule has 0 aliphatic carbocycles. The van der Waals surface area contributed by atoms with Crippen molar-refractivity contribution in [3.05, 3.63) is 40.3 Å². The van der Waals surface area contributed by atoms with Crippen molar-refractivity contribution < 1.29 is 5.11 Å². The normalized spacial score (nSPS) is 19.1. The first kappa shape index (κ1) is 14.4. The van der Waals surface area contributed by atoms with Crippen LogP contribution in [0.5, 0.6) is 0 Å². The average Bonchev–Trinajstić information content (AvgIpc) is 3.11. The van der Waals surface area contributed by atoms with Gasteiger partial charge in [-0.2, -0.15) is 5.10 Å². The number of fused-ring (bicyclic) bond motifs is 3. The van der Waals surface area contributed by atoms with E-state index in [0.29, 0.717) is 25.0 Å². The molecule has 2 N–H and O–H groups in total. The van der Waals surface area contributed by atoms with Crippen LogP contribution in [0.3, 0.4) is 0 Å². The summed E-state index contributed by atoms with van der Waals surface area (Å²) < 4.78 is 1.85. The van der Waals surface area contributed by atoms with Crippen molar-refractivity contribution in [2.75, 3.05) is 13.1 Å². The summed E-state index contributed by atoms with van der Waals surface area (Å²) in [4.78, 5) is 17.5. The molecular weight excluding hydrogens is 292 g/mol. The zero-order valence-corrected chi connectivity index (χ0v) is 13.1. The molecule has 0 spiro atoms. The van der Waals surface area contributed by atoms with Crippen LogP contribution in [0.15, 0.2) is 29.1 Å². The Morgan fingerprint density at radius 1 is 1.35 bits per heavy atom. The number of aromatic amines is 1. The number of aliphatic hydroxyl groups is 1. The van der Waals surface area contributed by atoms with E-state index in [0.717, 1.165) is 35.1 Å². The molecule has 3 aromatic rings. The number of hydrogen-bond acceptors (Lipinski definition) is 4. The molecule has 3 heterocycles. The quantitative estimate of drug-likeness (QED) is 0.768. The molecule has 1 fully saturated rings. The fourth-order valence-corrected chi connectivity index (χ4v) is 3.50. The second-order valence-electron chi connectivity index (χ2n) is 6.16. The number of aliphatic hydroxyl groups excluding tert-OH is 1. The second-order valence-corrected chi connectivity index (χ2v) is 6.16. The lowest BCUT2D eigenvalue weighted by Gasteiger charge is -2.13. The van der Waals surface area contributed by atoms with Crippen LogP contribution in [0.2, 0.25) is 0 Å². The first-order valence-corrected chi connectivity index (χ1v) is 8.08. The fourth-order valence-electron chi connectivity index (χ4n) is 3.50. The molecule has 23 heavy (non-hydrogen) atoms. The number of aryl methyl sites for hydroxylation is 1. The third-order valence-electron chi connectivity index (χ3n) is 4.62. The second kappa shape index (κ2) is 5.47. The lowest BCUT2D eigenvalue weighted by atomic mass is 10.1. The van der Waals surface area contributed by atoms with Crippen molar-refractivity contribution >= 4 is 21.8 Å². The molecule has 6 nitrogen and oxygen atoms in total. The Hall–Kier alpha value is -2.18. The molecular formula is C17H20N4O2. The maximum absolute atomic E-state index is 12.3. The van der Waals surface area contributed by atoms with Gasteiger partial charge < -0.3 is 10.1 Å². The Bertz CT molecular complexity index is 927. The molecule has 4 rings (SSSR count). The maximum Gasteiger partial charge on any atom is 0.257 e. The zero-order chi connectivity index (χ0) is 16.0. The van der Waals surface area contributed by atoms with Crippen molar-refractivity contribution in [1.29, 1.82) is 0 Å². The van der Waals surface area contributed by atoms with Gasteiger partial charge in [0.1, 0.15) is 5.65 Å². The van der Waals surface area contributed by atoms with Gasteiger partial charge in [-0.3, -0.25) is 9.69 Å². The Morgan fingerprint density at radius 2 is 2.13 bits per heavy atom. The predicted molar refractivity (Wildman–Crippen MR) is 89.4 cm³/mol. The lowest BCUT2D eigenvalue weighted by Crippen LogP contribution is -2.22. The number of rotatable bonds is 3. The Labute approximate surface area is 133 Å². The molecule has 6 heteroatoms. The third kappa shape index (κ3) is 2.34. The summed E-state index contributed by atoms with van der Waals surface area (Å²) in [7, 11) is 0. The van der Waals surface area contributed by atoms with E-state index in [1.807, 2.05) is 35.9 Å². The molecule has 0 bridgehead atoms. The van der Waals surface area contributed by atoms with Crippen LogP contribution in [0.25, 0.3) is 21.8 Å². The Kier molecular flexibility index (Phi) is 3.43. The van der Waals surface area contributed by atoms with E-state index in [1.54, 1.807) is 0 Å². The van der Waals surface area contributed by atoms with Gasteiger partial charge in [0.15, 0.2) is 0 Å².